The molecule has 7 heteroatoms. The van der Waals surface area contributed by atoms with Crippen molar-refractivity contribution < 1.29 is 4.74 Å². The Morgan fingerprint density at radius 1 is 1.24 bits per heavy atom. The zero-order valence-electron chi connectivity index (χ0n) is 16.9. The molecule has 0 bridgehead atoms. The number of H-pyrrole nitrogens is 1. The van der Waals surface area contributed by atoms with Crippen LogP contribution in [0, 0.1) is 11.3 Å². The highest BCUT2D eigenvalue weighted by Gasteiger charge is 2.31. The van der Waals surface area contributed by atoms with E-state index in [1.165, 1.54) is 5.69 Å². The van der Waals surface area contributed by atoms with E-state index in [2.05, 4.69) is 45.5 Å². The van der Waals surface area contributed by atoms with Gasteiger partial charge in [-0.05, 0) is 51.9 Å². The number of aromatic amines is 1. The average molecular weight is 390 g/mol. The summed E-state index contributed by atoms with van der Waals surface area (Å²) in [5.41, 5.74) is 4.56. The molecular weight excluding hydrogens is 364 g/mol. The number of hydrogen-bond donors (Lipinski definition) is 1. The maximum atomic E-state index is 9.33. The van der Waals surface area contributed by atoms with Crippen molar-refractivity contribution in [2.75, 3.05) is 26.3 Å². The Labute approximate surface area is 170 Å². The third-order valence-corrected chi connectivity index (χ3v) is 6.29. The molecule has 0 spiro atoms. The van der Waals surface area contributed by atoms with Crippen LogP contribution < -0.4 is 0 Å². The van der Waals surface area contributed by atoms with E-state index in [9.17, 15) is 5.26 Å². The minimum Gasteiger partial charge on any atom is -0.378 e. The van der Waals surface area contributed by atoms with Gasteiger partial charge >= 0.3 is 0 Å². The van der Waals surface area contributed by atoms with Crippen LogP contribution in [-0.4, -0.2) is 57.0 Å². The number of piperidine rings is 1. The summed E-state index contributed by atoms with van der Waals surface area (Å²) in [5, 5.41) is 15.1. The molecule has 5 heterocycles. The van der Waals surface area contributed by atoms with Gasteiger partial charge in [0.05, 0.1) is 30.5 Å². The number of hydrogen-bond acceptors (Lipinski definition) is 5. The van der Waals surface area contributed by atoms with E-state index in [4.69, 9.17) is 9.84 Å². The highest BCUT2D eigenvalue weighted by atomic mass is 16.5. The summed E-state index contributed by atoms with van der Waals surface area (Å²) in [6.07, 6.45) is 5.86. The first kappa shape index (κ1) is 18.3. The van der Waals surface area contributed by atoms with Crippen LogP contribution in [0.2, 0.25) is 0 Å². The number of ether oxygens (including phenoxy) is 1. The Balaban J connectivity index is 1.44. The topological polar surface area (TPSA) is 82.8 Å². The first-order valence-electron chi connectivity index (χ1n) is 10.4. The lowest BCUT2D eigenvalue weighted by molar-refractivity contribution is -0.0714. The second kappa shape index (κ2) is 7.29. The van der Waals surface area contributed by atoms with Crippen molar-refractivity contribution in [3.63, 3.8) is 0 Å². The summed E-state index contributed by atoms with van der Waals surface area (Å²) < 4.78 is 7.53. The van der Waals surface area contributed by atoms with Crippen LogP contribution in [0.3, 0.4) is 0 Å². The maximum absolute atomic E-state index is 9.33. The monoisotopic (exact) mass is 390 g/mol. The van der Waals surface area contributed by atoms with Gasteiger partial charge in [0.15, 0.2) is 0 Å². The molecule has 29 heavy (non-hydrogen) atoms. The normalized spacial score (nSPS) is 19.0. The van der Waals surface area contributed by atoms with Crippen LogP contribution in [0.5, 0.6) is 0 Å². The zero-order valence-corrected chi connectivity index (χ0v) is 16.9. The first-order valence-corrected chi connectivity index (χ1v) is 10.4. The molecule has 3 aromatic rings. The summed E-state index contributed by atoms with van der Waals surface area (Å²) in [7, 11) is 0. The number of nitriles is 1. The van der Waals surface area contributed by atoms with Gasteiger partial charge < -0.3 is 9.72 Å². The lowest BCUT2D eigenvalue weighted by atomic mass is 9.91. The van der Waals surface area contributed by atoms with E-state index < -0.39 is 0 Å². The molecule has 0 atom stereocenters. The Hall–Kier alpha value is -2.69. The van der Waals surface area contributed by atoms with Crippen molar-refractivity contribution in [2.45, 2.75) is 44.7 Å². The van der Waals surface area contributed by atoms with E-state index in [0.29, 0.717) is 23.6 Å². The van der Waals surface area contributed by atoms with E-state index in [1.807, 2.05) is 12.3 Å². The number of nitrogens with zero attached hydrogens (tertiary/aromatic N) is 5. The summed E-state index contributed by atoms with van der Waals surface area (Å²) in [4.78, 5) is 10.1. The van der Waals surface area contributed by atoms with Gasteiger partial charge in [-0.2, -0.15) is 10.4 Å². The van der Waals surface area contributed by atoms with Gasteiger partial charge in [0.2, 0.25) is 0 Å². The Bertz CT molecular complexity index is 1060. The van der Waals surface area contributed by atoms with Crippen LogP contribution in [0.25, 0.3) is 22.3 Å². The van der Waals surface area contributed by atoms with Crippen molar-refractivity contribution >= 4 is 11.0 Å². The molecule has 2 fully saturated rings. The largest absolute Gasteiger partial charge is 0.378 e. The number of rotatable bonds is 4. The second-order valence-electron chi connectivity index (χ2n) is 8.43. The number of nitrogens with one attached hydrogen (secondary N) is 1. The molecule has 0 aromatic carbocycles. The molecule has 2 saturated heterocycles. The van der Waals surface area contributed by atoms with E-state index in [0.717, 1.165) is 61.4 Å². The highest BCUT2D eigenvalue weighted by molar-refractivity contribution is 5.86. The van der Waals surface area contributed by atoms with Crippen LogP contribution in [0.1, 0.15) is 49.9 Å². The number of fused-ring (bicyclic) bond motifs is 1. The summed E-state index contributed by atoms with van der Waals surface area (Å²) >= 11 is 0. The Morgan fingerprint density at radius 3 is 2.69 bits per heavy atom. The second-order valence-corrected chi connectivity index (χ2v) is 8.43. The number of aromatic nitrogens is 4. The molecule has 0 radical (unpaired) electrons. The fourth-order valence-electron chi connectivity index (χ4n) is 4.50. The molecule has 2 aliphatic heterocycles. The molecule has 1 N–H and O–H groups in total. The van der Waals surface area contributed by atoms with Crippen LogP contribution in [0.15, 0.2) is 24.5 Å². The maximum Gasteiger partial charge on any atom is 0.138 e. The lowest BCUT2D eigenvalue weighted by Gasteiger charge is -2.41. The molecule has 0 saturated carbocycles. The van der Waals surface area contributed by atoms with Gasteiger partial charge in [-0.25, -0.2) is 4.98 Å². The number of pyridine rings is 1. The smallest absolute Gasteiger partial charge is 0.138 e. The van der Waals surface area contributed by atoms with Gasteiger partial charge in [0.25, 0.3) is 0 Å². The third kappa shape index (κ3) is 3.22. The van der Waals surface area contributed by atoms with Crippen LogP contribution in [-0.2, 0) is 4.74 Å². The number of likely N-dealkylation sites (tertiary alicyclic amines) is 1. The van der Waals surface area contributed by atoms with Crippen molar-refractivity contribution in [3.8, 4) is 17.3 Å². The van der Waals surface area contributed by atoms with Crippen molar-refractivity contribution in [3.05, 3.63) is 35.8 Å². The fourth-order valence-corrected chi connectivity index (χ4v) is 4.50. The third-order valence-electron chi connectivity index (χ3n) is 6.29. The molecule has 150 valence electrons. The van der Waals surface area contributed by atoms with E-state index in [1.54, 1.807) is 6.20 Å². The van der Waals surface area contributed by atoms with Crippen molar-refractivity contribution in [1.82, 2.24) is 24.6 Å². The van der Waals surface area contributed by atoms with Gasteiger partial charge in [-0.1, -0.05) is 0 Å². The van der Waals surface area contributed by atoms with Crippen molar-refractivity contribution in [1.29, 1.82) is 5.26 Å². The van der Waals surface area contributed by atoms with Gasteiger partial charge in [-0.15, -0.1) is 0 Å². The summed E-state index contributed by atoms with van der Waals surface area (Å²) in [6, 6.07) is 7.40. The zero-order chi connectivity index (χ0) is 20.0. The molecule has 3 aromatic heterocycles. The first-order chi connectivity index (χ1) is 14.1. The molecule has 0 amide bonds. The average Bonchev–Trinajstić information content (AvgIpc) is 3.31. The predicted molar refractivity (Wildman–Crippen MR) is 111 cm³/mol. The lowest BCUT2D eigenvalue weighted by Crippen LogP contribution is -2.51. The molecule has 0 unspecified atom stereocenters. The molecule has 2 aliphatic rings. The Kier molecular flexibility index (Phi) is 4.61. The minimum absolute atomic E-state index is 0.301. The van der Waals surface area contributed by atoms with Gasteiger partial charge in [-0.3, -0.25) is 9.58 Å². The standard InChI is InChI=1S/C22H26N6O/c1-14(2)28-21(15-3-5-27(6-4-15)18-12-29-13-18)8-20(26-28)16-7-19-17(9-23)11-25-22(19)24-10-16/h7-8,10-11,14-15,18H,3-6,12-13H2,1-2H3,(H,24,25). The summed E-state index contributed by atoms with van der Waals surface area (Å²) in [6.45, 7) is 8.39. The SMILES string of the molecule is CC(C)n1nc(-c2cnc3[nH]cc(C#N)c3c2)cc1C1CCN(C2COC2)CC1. The van der Waals surface area contributed by atoms with E-state index in [-0.39, 0.29) is 0 Å². The summed E-state index contributed by atoms with van der Waals surface area (Å²) in [5.74, 6) is 0.523. The van der Waals surface area contributed by atoms with Crippen molar-refractivity contribution in [2.24, 2.45) is 0 Å². The fraction of sp³-hybridized carbons (Fsp3) is 0.500. The quantitative estimate of drug-likeness (QED) is 0.738. The minimum atomic E-state index is 0.301. The predicted octanol–water partition coefficient (Wildman–Crippen LogP) is 3.46. The van der Waals surface area contributed by atoms with E-state index >= 15 is 0 Å². The Morgan fingerprint density at radius 2 is 2.03 bits per heavy atom. The van der Waals surface area contributed by atoms with Crippen LogP contribution >= 0.6 is 0 Å². The van der Waals surface area contributed by atoms with Gasteiger partial charge in [0.1, 0.15) is 11.7 Å². The molecule has 7 nitrogen and oxygen atoms in total. The highest BCUT2D eigenvalue weighted by Crippen LogP contribution is 2.34. The van der Waals surface area contributed by atoms with Gasteiger partial charge in [0, 0.05) is 41.0 Å². The molecule has 0 aliphatic carbocycles. The molecular formula is C22H26N6O. The molecule has 5 rings (SSSR count). The van der Waals surface area contributed by atoms with Crippen LogP contribution in [0.4, 0.5) is 0 Å².